The molecule has 4 rings (SSSR count). The summed E-state index contributed by atoms with van der Waals surface area (Å²) in [4.78, 5) is 19.1. The number of benzene rings is 1. The van der Waals surface area contributed by atoms with Gasteiger partial charge in [-0.2, -0.15) is 0 Å². The van der Waals surface area contributed by atoms with Crippen LogP contribution in [0.1, 0.15) is 49.3 Å². The van der Waals surface area contributed by atoms with Gasteiger partial charge in [-0.05, 0) is 50.5 Å². The van der Waals surface area contributed by atoms with Crippen LogP contribution < -0.4 is 5.32 Å². The number of hydrogen-bond acceptors (Lipinski definition) is 5. The number of urea groups is 1. The maximum absolute atomic E-state index is 13.3. The van der Waals surface area contributed by atoms with Gasteiger partial charge in [-0.25, -0.2) is 14.2 Å². The van der Waals surface area contributed by atoms with Gasteiger partial charge in [-0.15, -0.1) is 11.3 Å². The van der Waals surface area contributed by atoms with Gasteiger partial charge in [-0.3, -0.25) is 0 Å². The van der Waals surface area contributed by atoms with Crippen LogP contribution in [0, 0.1) is 12.7 Å². The normalized spacial score (nSPS) is 14.7. The number of halogens is 1. The van der Waals surface area contributed by atoms with Crippen LogP contribution in [0.5, 0.6) is 0 Å². The first-order chi connectivity index (χ1) is 15.1. The largest absolute Gasteiger partial charge is 0.360 e. The molecule has 2 aromatic heterocycles. The minimum absolute atomic E-state index is 0.0377. The minimum Gasteiger partial charge on any atom is -0.360 e. The van der Waals surface area contributed by atoms with Crippen molar-refractivity contribution in [1.29, 1.82) is 0 Å². The van der Waals surface area contributed by atoms with E-state index < -0.39 is 0 Å². The van der Waals surface area contributed by atoms with E-state index in [0.717, 1.165) is 67.1 Å². The van der Waals surface area contributed by atoms with Gasteiger partial charge in [-0.1, -0.05) is 18.5 Å². The van der Waals surface area contributed by atoms with Crippen LogP contribution >= 0.6 is 11.3 Å². The highest BCUT2D eigenvalue weighted by atomic mass is 32.1. The summed E-state index contributed by atoms with van der Waals surface area (Å²) in [6.07, 6.45) is 3.89. The fourth-order valence-corrected chi connectivity index (χ4v) is 4.86. The van der Waals surface area contributed by atoms with Crippen molar-refractivity contribution in [3.8, 4) is 22.5 Å². The monoisotopic (exact) mass is 442 g/mol. The van der Waals surface area contributed by atoms with Crippen LogP contribution in [-0.4, -0.2) is 40.7 Å². The number of rotatable bonds is 6. The molecule has 1 saturated heterocycles. The van der Waals surface area contributed by atoms with E-state index in [0.29, 0.717) is 17.4 Å². The van der Waals surface area contributed by atoms with E-state index in [9.17, 15) is 9.18 Å². The molecule has 2 amide bonds. The molecule has 1 aromatic carbocycles. The molecule has 1 aliphatic rings. The van der Waals surface area contributed by atoms with Gasteiger partial charge in [0.1, 0.15) is 17.3 Å². The molecular weight excluding hydrogens is 415 g/mol. The van der Waals surface area contributed by atoms with Gasteiger partial charge in [0.05, 0.1) is 16.3 Å². The molecular formula is C23H27FN4O2S. The van der Waals surface area contributed by atoms with Gasteiger partial charge in [0, 0.05) is 36.5 Å². The molecule has 0 aliphatic carbocycles. The molecule has 1 aliphatic heterocycles. The summed E-state index contributed by atoms with van der Waals surface area (Å²) in [5, 5.41) is 10.3. The second-order valence-electron chi connectivity index (χ2n) is 7.89. The number of hydrogen-bond donors (Lipinski definition) is 1. The average molecular weight is 443 g/mol. The molecule has 3 heterocycles. The zero-order chi connectivity index (χ0) is 21.8. The van der Waals surface area contributed by atoms with E-state index >= 15 is 0 Å². The Bertz CT molecular complexity index is 1020. The summed E-state index contributed by atoms with van der Waals surface area (Å²) in [6.45, 7) is 6.20. The zero-order valence-electron chi connectivity index (χ0n) is 17.9. The van der Waals surface area contributed by atoms with Crippen molar-refractivity contribution in [3.63, 3.8) is 0 Å². The number of unbranched alkanes of at least 4 members (excludes halogenated alkanes) is 1. The number of likely N-dealkylation sites (tertiary alicyclic amines) is 1. The van der Waals surface area contributed by atoms with Crippen molar-refractivity contribution >= 4 is 17.4 Å². The van der Waals surface area contributed by atoms with E-state index in [4.69, 9.17) is 9.51 Å². The van der Waals surface area contributed by atoms with Gasteiger partial charge in [0.2, 0.25) is 0 Å². The maximum atomic E-state index is 13.3. The molecule has 0 saturated carbocycles. The predicted molar refractivity (Wildman–Crippen MR) is 120 cm³/mol. The number of aryl methyl sites for hydroxylation is 1. The third-order valence-corrected chi connectivity index (χ3v) is 6.70. The van der Waals surface area contributed by atoms with E-state index in [1.165, 1.54) is 12.1 Å². The average Bonchev–Trinajstić information content (AvgIpc) is 3.41. The third-order valence-electron chi connectivity index (χ3n) is 5.70. The first-order valence-electron chi connectivity index (χ1n) is 10.8. The maximum Gasteiger partial charge on any atom is 0.317 e. The van der Waals surface area contributed by atoms with Crippen molar-refractivity contribution in [2.75, 3.05) is 19.6 Å². The van der Waals surface area contributed by atoms with Gasteiger partial charge < -0.3 is 14.7 Å². The molecule has 1 fully saturated rings. The molecule has 0 spiro atoms. The molecule has 0 radical (unpaired) electrons. The predicted octanol–water partition coefficient (Wildman–Crippen LogP) is 5.60. The number of nitrogens with zero attached hydrogens (tertiary/aromatic N) is 3. The summed E-state index contributed by atoms with van der Waals surface area (Å²) >= 11 is 1.64. The number of carbonyl (C=O) groups is 1. The van der Waals surface area contributed by atoms with E-state index in [2.05, 4.69) is 17.4 Å². The fourth-order valence-electron chi connectivity index (χ4n) is 3.88. The van der Waals surface area contributed by atoms with Crippen molar-refractivity contribution in [1.82, 2.24) is 20.4 Å². The van der Waals surface area contributed by atoms with Gasteiger partial charge in [0.25, 0.3) is 0 Å². The van der Waals surface area contributed by atoms with Crippen LogP contribution in [0.2, 0.25) is 0 Å². The Morgan fingerprint density at radius 3 is 2.74 bits per heavy atom. The second kappa shape index (κ2) is 9.60. The lowest BCUT2D eigenvalue weighted by molar-refractivity contribution is 0.181. The molecule has 31 heavy (non-hydrogen) atoms. The molecule has 3 aromatic rings. The Morgan fingerprint density at radius 2 is 2.03 bits per heavy atom. The zero-order valence-corrected chi connectivity index (χ0v) is 18.7. The molecule has 1 N–H and O–H groups in total. The number of amides is 2. The summed E-state index contributed by atoms with van der Waals surface area (Å²) in [5.74, 6) is 0.745. The van der Waals surface area contributed by atoms with E-state index in [1.54, 1.807) is 23.5 Å². The molecule has 8 heteroatoms. The molecule has 0 unspecified atom stereocenters. The fraction of sp³-hybridized carbons (Fsp3) is 0.435. The first-order valence-corrected chi connectivity index (χ1v) is 11.7. The van der Waals surface area contributed by atoms with E-state index in [1.807, 2.05) is 17.2 Å². The van der Waals surface area contributed by atoms with Crippen LogP contribution in [0.25, 0.3) is 22.5 Å². The Labute approximate surface area is 185 Å². The molecule has 0 bridgehead atoms. The topological polar surface area (TPSA) is 71.3 Å². The van der Waals surface area contributed by atoms with Crippen LogP contribution in [0.4, 0.5) is 9.18 Å². The second-order valence-corrected chi connectivity index (χ2v) is 8.78. The Morgan fingerprint density at radius 1 is 1.29 bits per heavy atom. The van der Waals surface area contributed by atoms with Crippen LogP contribution in [-0.2, 0) is 0 Å². The van der Waals surface area contributed by atoms with Gasteiger partial charge >= 0.3 is 6.03 Å². The number of nitrogens with one attached hydrogen (secondary N) is 1. The Kier molecular flexibility index (Phi) is 6.65. The van der Waals surface area contributed by atoms with Crippen molar-refractivity contribution in [2.24, 2.45) is 0 Å². The summed E-state index contributed by atoms with van der Waals surface area (Å²) in [5.41, 5.74) is 3.15. The highest BCUT2D eigenvalue weighted by Gasteiger charge is 2.27. The summed E-state index contributed by atoms with van der Waals surface area (Å²) in [7, 11) is 0. The minimum atomic E-state index is -0.285. The number of thiazole rings is 1. The first kappa shape index (κ1) is 21.5. The number of piperidine rings is 1. The Hall–Kier alpha value is -2.74. The van der Waals surface area contributed by atoms with Crippen molar-refractivity contribution < 1.29 is 13.7 Å². The summed E-state index contributed by atoms with van der Waals surface area (Å²) < 4.78 is 18.8. The quantitative estimate of drug-likeness (QED) is 0.504. The van der Waals surface area contributed by atoms with Gasteiger partial charge in [0.15, 0.2) is 0 Å². The van der Waals surface area contributed by atoms with Crippen molar-refractivity contribution in [2.45, 2.75) is 45.4 Å². The highest BCUT2D eigenvalue weighted by molar-refractivity contribution is 7.10. The number of aromatic nitrogens is 2. The van der Waals surface area contributed by atoms with Crippen LogP contribution in [0.15, 0.2) is 34.2 Å². The Balaban J connectivity index is 1.45. The number of carbonyl (C=O) groups excluding carboxylic acids is 1. The molecule has 6 nitrogen and oxygen atoms in total. The lowest BCUT2D eigenvalue weighted by Crippen LogP contribution is -2.44. The highest BCUT2D eigenvalue weighted by Crippen LogP contribution is 2.38. The summed E-state index contributed by atoms with van der Waals surface area (Å²) in [6, 6.07) is 6.27. The molecule has 164 valence electrons. The lowest BCUT2D eigenvalue weighted by Gasteiger charge is -2.31. The SMILES string of the molecule is CCCCNC(=O)N1CCC(c2nc(-c3c(-c4ccc(F)cc4)noc3C)cs2)CC1. The standard InChI is InChI=1S/C23H27FN4O2S/c1-3-4-11-25-23(29)28-12-9-17(10-13-28)22-26-19(14-31-22)20-15(2)30-27-21(20)16-5-7-18(24)8-6-16/h5-8,14,17H,3-4,9-13H2,1-2H3,(H,25,29). The lowest BCUT2D eigenvalue weighted by atomic mass is 9.97. The molecule has 0 atom stereocenters. The van der Waals surface area contributed by atoms with Crippen molar-refractivity contribution in [3.05, 3.63) is 46.2 Å². The van der Waals surface area contributed by atoms with Crippen LogP contribution in [0.3, 0.4) is 0 Å². The third kappa shape index (κ3) is 4.79. The van der Waals surface area contributed by atoms with E-state index in [-0.39, 0.29) is 11.8 Å². The smallest absolute Gasteiger partial charge is 0.317 e.